The summed E-state index contributed by atoms with van der Waals surface area (Å²) in [5.41, 5.74) is 1.92. The summed E-state index contributed by atoms with van der Waals surface area (Å²) >= 11 is 0. The first-order valence-corrected chi connectivity index (χ1v) is 8.20. The van der Waals surface area contributed by atoms with Crippen molar-refractivity contribution in [3.63, 3.8) is 0 Å². The van der Waals surface area contributed by atoms with Gasteiger partial charge in [-0.3, -0.25) is 4.84 Å². The van der Waals surface area contributed by atoms with E-state index in [-0.39, 0.29) is 11.0 Å². The molecule has 0 spiro atoms. The fourth-order valence-corrected chi connectivity index (χ4v) is 5.01. The molecule has 4 atom stereocenters. The van der Waals surface area contributed by atoms with Crippen LogP contribution in [-0.4, -0.2) is 23.8 Å². The molecule has 3 nitrogen and oxygen atoms in total. The standard InChI is InChI=1S/C19H26N2O/c1-13-10-19(4,15-9-7-6-8-14(15)12-20)11-16-17(13)21(5)22-18(16,2)3/h6-9,13,16-17H,10-11H2,1-5H3. The van der Waals surface area contributed by atoms with Gasteiger partial charge in [-0.25, -0.2) is 0 Å². The molecule has 1 saturated heterocycles. The van der Waals surface area contributed by atoms with Gasteiger partial charge < -0.3 is 0 Å². The van der Waals surface area contributed by atoms with Gasteiger partial charge in [0.15, 0.2) is 0 Å². The summed E-state index contributed by atoms with van der Waals surface area (Å²) in [4.78, 5) is 6.12. The fraction of sp³-hybridized carbons (Fsp3) is 0.632. The lowest BCUT2D eigenvalue weighted by atomic mass is 9.58. The minimum atomic E-state index is -0.142. The highest BCUT2D eigenvalue weighted by molar-refractivity contribution is 5.42. The highest BCUT2D eigenvalue weighted by atomic mass is 16.7. The van der Waals surface area contributed by atoms with Crippen molar-refractivity contribution in [3.05, 3.63) is 35.4 Å². The minimum absolute atomic E-state index is 0.0404. The molecule has 0 bridgehead atoms. The third kappa shape index (κ3) is 2.26. The van der Waals surface area contributed by atoms with Crippen molar-refractivity contribution >= 4 is 0 Å². The first-order valence-electron chi connectivity index (χ1n) is 8.20. The molecular weight excluding hydrogens is 272 g/mol. The number of nitriles is 1. The second kappa shape index (κ2) is 5.08. The molecule has 1 aromatic carbocycles. The van der Waals surface area contributed by atoms with E-state index in [0.29, 0.717) is 17.9 Å². The van der Waals surface area contributed by atoms with E-state index in [4.69, 9.17) is 4.84 Å². The molecule has 2 fully saturated rings. The lowest BCUT2D eigenvalue weighted by Crippen LogP contribution is -2.48. The predicted octanol–water partition coefficient (Wildman–Crippen LogP) is 3.89. The molecule has 1 aliphatic carbocycles. The van der Waals surface area contributed by atoms with E-state index in [2.05, 4.69) is 58.0 Å². The second-order valence-corrected chi connectivity index (χ2v) is 7.94. The fourth-order valence-electron chi connectivity index (χ4n) is 5.01. The van der Waals surface area contributed by atoms with Gasteiger partial charge in [0.05, 0.1) is 17.2 Å². The molecule has 4 unspecified atom stereocenters. The van der Waals surface area contributed by atoms with Crippen LogP contribution in [0, 0.1) is 23.2 Å². The lowest BCUT2D eigenvalue weighted by molar-refractivity contribution is -0.182. The highest BCUT2D eigenvalue weighted by Crippen LogP contribution is 2.53. The van der Waals surface area contributed by atoms with E-state index in [0.717, 1.165) is 18.4 Å². The maximum absolute atomic E-state index is 9.48. The zero-order chi connectivity index (χ0) is 16.1. The molecule has 3 heteroatoms. The molecule has 1 saturated carbocycles. The Morgan fingerprint density at radius 2 is 1.91 bits per heavy atom. The molecule has 22 heavy (non-hydrogen) atoms. The quantitative estimate of drug-likeness (QED) is 0.789. The number of hydroxylamine groups is 2. The molecule has 1 heterocycles. The average molecular weight is 298 g/mol. The Bertz CT molecular complexity index is 618. The molecule has 118 valence electrons. The molecule has 0 amide bonds. The maximum Gasteiger partial charge on any atom is 0.0994 e. The number of benzene rings is 1. The largest absolute Gasteiger partial charge is 0.293 e. The first-order chi connectivity index (χ1) is 10.3. The molecule has 0 radical (unpaired) electrons. The summed E-state index contributed by atoms with van der Waals surface area (Å²) in [7, 11) is 2.06. The van der Waals surface area contributed by atoms with Crippen LogP contribution < -0.4 is 0 Å². The summed E-state index contributed by atoms with van der Waals surface area (Å²) in [6.07, 6.45) is 2.16. The van der Waals surface area contributed by atoms with Crippen LogP contribution in [0.5, 0.6) is 0 Å². The first kappa shape index (κ1) is 15.5. The van der Waals surface area contributed by atoms with Gasteiger partial charge in [0.25, 0.3) is 0 Å². The van der Waals surface area contributed by atoms with E-state index in [1.165, 1.54) is 5.56 Å². The third-order valence-electron chi connectivity index (χ3n) is 5.83. The van der Waals surface area contributed by atoms with Gasteiger partial charge in [-0.15, -0.1) is 0 Å². The van der Waals surface area contributed by atoms with Crippen LogP contribution in [0.4, 0.5) is 0 Å². The van der Waals surface area contributed by atoms with Gasteiger partial charge in [-0.2, -0.15) is 10.3 Å². The number of nitrogens with zero attached hydrogens (tertiary/aromatic N) is 2. The van der Waals surface area contributed by atoms with Gasteiger partial charge in [0.2, 0.25) is 0 Å². The molecule has 2 aliphatic rings. The van der Waals surface area contributed by atoms with E-state index in [9.17, 15) is 5.26 Å². The average Bonchev–Trinajstić information content (AvgIpc) is 2.68. The van der Waals surface area contributed by atoms with E-state index in [1.807, 2.05) is 12.1 Å². The predicted molar refractivity (Wildman–Crippen MR) is 87.1 cm³/mol. The van der Waals surface area contributed by atoms with Crippen molar-refractivity contribution in [2.75, 3.05) is 7.05 Å². The van der Waals surface area contributed by atoms with Crippen LogP contribution in [0.2, 0.25) is 0 Å². The molecule has 0 aromatic heterocycles. The SMILES string of the molecule is CC1CC(C)(c2ccccc2C#N)CC2C1N(C)OC2(C)C. The number of rotatable bonds is 1. The maximum atomic E-state index is 9.48. The minimum Gasteiger partial charge on any atom is -0.293 e. The van der Waals surface area contributed by atoms with Crippen molar-refractivity contribution in [3.8, 4) is 6.07 Å². The Morgan fingerprint density at radius 1 is 1.23 bits per heavy atom. The summed E-state index contributed by atoms with van der Waals surface area (Å²) in [6, 6.07) is 10.9. The van der Waals surface area contributed by atoms with Crippen LogP contribution in [-0.2, 0) is 10.3 Å². The lowest BCUT2D eigenvalue weighted by Gasteiger charge is -2.46. The molecule has 0 N–H and O–H groups in total. The Labute approximate surface area is 133 Å². The smallest absolute Gasteiger partial charge is 0.0994 e. The van der Waals surface area contributed by atoms with Gasteiger partial charge in [0, 0.05) is 19.0 Å². The second-order valence-electron chi connectivity index (χ2n) is 7.94. The monoisotopic (exact) mass is 298 g/mol. The van der Waals surface area contributed by atoms with E-state index >= 15 is 0 Å². The van der Waals surface area contributed by atoms with Crippen LogP contribution in [0.3, 0.4) is 0 Å². The van der Waals surface area contributed by atoms with Gasteiger partial charge in [-0.1, -0.05) is 32.0 Å². The zero-order valence-corrected chi connectivity index (χ0v) is 14.3. The zero-order valence-electron chi connectivity index (χ0n) is 14.3. The molecule has 3 rings (SSSR count). The van der Waals surface area contributed by atoms with E-state index in [1.54, 1.807) is 0 Å². The summed E-state index contributed by atoms with van der Waals surface area (Å²) in [5.74, 6) is 1.03. The normalized spacial score (nSPS) is 37.5. The van der Waals surface area contributed by atoms with Gasteiger partial charge in [-0.05, 0) is 49.7 Å². The third-order valence-corrected chi connectivity index (χ3v) is 5.83. The Balaban J connectivity index is 2.02. The van der Waals surface area contributed by atoms with Crippen LogP contribution in [0.1, 0.15) is 51.7 Å². The number of hydrogen-bond acceptors (Lipinski definition) is 3. The number of hydrogen-bond donors (Lipinski definition) is 0. The van der Waals surface area contributed by atoms with Gasteiger partial charge >= 0.3 is 0 Å². The van der Waals surface area contributed by atoms with Crippen molar-refractivity contribution in [2.45, 2.75) is 57.6 Å². The van der Waals surface area contributed by atoms with Crippen molar-refractivity contribution in [1.29, 1.82) is 5.26 Å². The summed E-state index contributed by atoms with van der Waals surface area (Å²) < 4.78 is 0. The van der Waals surface area contributed by atoms with Crippen LogP contribution >= 0.6 is 0 Å². The molecule has 1 aliphatic heterocycles. The highest BCUT2D eigenvalue weighted by Gasteiger charge is 2.55. The molecular formula is C19H26N2O. The summed E-state index contributed by atoms with van der Waals surface area (Å²) in [5, 5.41) is 11.6. The van der Waals surface area contributed by atoms with Gasteiger partial charge in [0.1, 0.15) is 0 Å². The van der Waals surface area contributed by atoms with Crippen LogP contribution in [0.15, 0.2) is 24.3 Å². The van der Waals surface area contributed by atoms with E-state index < -0.39 is 0 Å². The van der Waals surface area contributed by atoms with Crippen molar-refractivity contribution in [1.82, 2.24) is 5.06 Å². The van der Waals surface area contributed by atoms with Crippen LogP contribution in [0.25, 0.3) is 0 Å². The Morgan fingerprint density at radius 3 is 2.59 bits per heavy atom. The Kier molecular flexibility index (Phi) is 3.58. The van der Waals surface area contributed by atoms with Crippen molar-refractivity contribution in [2.24, 2.45) is 11.8 Å². The topological polar surface area (TPSA) is 36.3 Å². The molecule has 1 aromatic rings. The number of fused-ring (bicyclic) bond motifs is 1. The van der Waals surface area contributed by atoms with Crippen molar-refractivity contribution < 1.29 is 4.84 Å². The Hall–Kier alpha value is -1.37. The summed E-state index contributed by atoms with van der Waals surface area (Å²) in [6.45, 7) is 9.04.